The molecule has 0 bridgehead atoms. The number of nitrogens with zero attached hydrogens (tertiary/aromatic N) is 1. The summed E-state index contributed by atoms with van der Waals surface area (Å²) in [5.41, 5.74) is 4.09. The monoisotopic (exact) mass is 227 g/mol. The summed E-state index contributed by atoms with van der Waals surface area (Å²) in [6.45, 7) is 10.0. The molecule has 0 heterocycles. The van der Waals surface area contributed by atoms with E-state index in [0.29, 0.717) is 5.56 Å². The Kier molecular flexibility index (Phi) is 7.46. The van der Waals surface area contributed by atoms with Crippen LogP contribution in [0.3, 0.4) is 0 Å². The first-order valence-electron chi connectivity index (χ1n) is 6.02. The first kappa shape index (κ1) is 15.2. The SMILES string of the molecule is C/C=C\C(=C/C)c1cc(C)cc(C#N)c1.CC. The first-order valence-corrected chi connectivity index (χ1v) is 6.02. The van der Waals surface area contributed by atoms with Gasteiger partial charge in [-0.3, -0.25) is 0 Å². The number of hydrogen-bond acceptors (Lipinski definition) is 1. The van der Waals surface area contributed by atoms with Crippen molar-refractivity contribution in [2.75, 3.05) is 0 Å². The standard InChI is InChI=1S/C14H15N.C2H6/c1-4-6-13(5-2)14-8-11(3)7-12(9-14)10-15;1-2/h4-9H,1-3H3;1-2H3/b6-4-,13-5+;. The van der Waals surface area contributed by atoms with Crippen molar-refractivity contribution in [1.29, 1.82) is 5.26 Å². The van der Waals surface area contributed by atoms with Crippen LogP contribution in [0.4, 0.5) is 0 Å². The molecular weight excluding hydrogens is 206 g/mol. The van der Waals surface area contributed by atoms with Gasteiger partial charge in [-0.15, -0.1) is 0 Å². The van der Waals surface area contributed by atoms with E-state index in [1.54, 1.807) is 0 Å². The molecular formula is C16H21N. The Morgan fingerprint density at radius 2 is 1.82 bits per heavy atom. The van der Waals surface area contributed by atoms with E-state index in [-0.39, 0.29) is 0 Å². The lowest BCUT2D eigenvalue weighted by atomic mass is 10.0. The Labute approximate surface area is 105 Å². The molecule has 1 aromatic rings. The summed E-state index contributed by atoms with van der Waals surface area (Å²) in [5.74, 6) is 0. The smallest absolute Gasteiger partial charge is 0.0991 e. The van der Waals surface area contributed by atoms with Crippen molar-refractivity contribution in [2.45, 2.75) is 34.6 Å². The molecule has 1 aromatic carbocycles. The number of aryl methyl sites for hydroxylation is 1. The van der Waals surface area contributed by atoms with Crippen LogP contribution >= 0.6 is 0 Å². The number of allylic oxidation sites excluding steroid dienone is 4. The van der Waals surface area contributed by atoms with Crippen LogP contribution in [0.15, 0.2) is 36.4 Å². The molecule has 0 aliphatic rings. The third-order valence-corrected chi connectivity index (χ3v) is 2.20. The van der Waals surface area contributed by atoms with Gasteiger partial charge in [-0.1, -0.05) is 38.1 Å². The van der Waals surface area contributed by atoms with E-state index >= 15 is 0 Å². The van der Waals surface area contributed by atoms with E-state index in [2.05, 4.69) is 24.3 Å². The lowest BCUT2D eigenvalue weighted by Gasteiger charge is -2.04. The lowest BCUT2D eigenvalue weighted by Crippen LogP contribution is -1.86. The highest BCUT2D eigenvalue weighted by atomic mass is 14.2. The number of nitriles is 1. The average Bonchev–Trinajstić information content (AvgIpc) is 2.37. The second kappa shape index (κ2) is 8.35. The zero-order valence-corrected chi connectivity index (χ0v) is 11.4. The van der Waals surface area contributed by atoms with Gasteiger partial charge in [-0.2, -0.15) is 5.26 Å². The minimum absolute atomic E-state index is 0.717. The van der Waals surface area contributed by atoms with E-state index in [1.165, 1.54) is 0 Å². The maximum absolute atomic E-state index is 8.88. The summed E-state index contributed by atoms with van der Waals surface area (Å²) in [4.78, 5) is 0. The number of hydrogen-bond donors (Lipinski definition) is 0. The second-order valence-electron chi connectivity index (χ2n) is 3.44. The van der Waals surface area contributed by atoms with Gasteiger partial charge in [-0.05, 0) is 49.6 Å². The molecule has 17 heavy (non-hydrogen) atoms. The van der Waals surface area contributed by atoms with Gasteiger partial charge in [0, 0.05) is 0 Å². The molecule has 0 atom stereocenters. The Morgan fingerprint density at radius 1 is 1.18 bits per heavy atom. The molecule has 0 fully saturated rings. The summed E-state index contributed by atoms with van der Waals surface area (Å²) in [6, 6.07) is 8.09. The highest BCUT2D eigenvalue weighted by Crippen LogP contribution is 2.19. The van der Waals surface area contributed by atoms with Crippen molar-refractivity contribution in [3.63, 3.8) is 0 Å². The first-order chi connectivity index (χ1) is 8.21. The fourth-order valence-corrected chi connectivity index (χ4v) is 1.55. The third-order valence-electron chi connectivity index (χ3n) is 2.20. The highest BCUT2D eigenvalue weighted by molar-refractivity contribution is 5.74. The summed E-state index contributed by atoms with van der Waals surface area (Å²) >= 11 is 0. The topological polar surface area (TPSA) is 23.8 Å². The molecule has 1 nitrogen and oxygen atoms in total. The van der Waals surface area contributed by atoms with Crippen molar-refractivity contribution >= 4 is 5.57 Å². The zero-order chi connectivity index (χ0) is 13.3. The largest absolute Gasteiger partial charge is 0.192 e. The van der Waals surface area contributed by atoms with Gasteiger partial charge < -0.3 is 0 Å². The molecule has 0 saturated carbocycles. The van der Waals surface area contributed by atoms with E-state index in [1.807, 2.05) is 52.8 Å². The van der Waals surface area contributed by atoms with E-state index < -0.39 is 0 Å². The molecule has 1 rings (SSSR count). The van der Waals surface area contributed by atoms with Gasteiger partial charge in [-0.25, -0.2) is 0 Å². The number of rotatable bonds is 2. The van der Waals surface area contributed by atoms with Gasteiger partial charge in [0.05, 0.1) is 11.6 Å². The minimum Gasteiger partial charge on any atom is -0.192 e. The van der Waals surface area contributed by atoms with Crippen LogP contribution in [0.5, 0.6) is 0 Å². The van der Waals surface area contributed by atoms with Crippen LogP contribution in [0, 0.1) is 18.3 Å². The predicted octanol–water partition coefficient (Wildman–Crippen LogP) is 4.87. The molecule has 0 aliphatic heterocycles. The molecule has 0 aromatic heterocycles. The third kappa shape index (κ3) is 4.70. The molecule has 0 unspecified atom stereocenters. The normalized spacial score (nSPS) is 10.7. The molecule has 0 saturated heterocycles. The summed E-state index contributed by atoms with van der Waals surface area (Å²) in [6.07, 6.45) is 6.11. The Hall–Kier alpha value is -1.81. The van der Waals surface area contributed by atoms with Gasteiger partial charge in [0.2, 0.25) is 0 Å². The number of benzene rings is 1. The lowest BCUT2D eigenvalue weighted by molar-refractivity contribution is 1.40. The Balaban J connectivity index is 0.00000121. The van der Waals surface area contributed by atoms with Crippen LogP contribution in [-0.4, -0.2) is 0 Å². The van der Waals surface area contributed by atoms with Crippen LogP contribution in [-0.2, 0) is 0 Å². The average molecular weight is 227 g/mol. The molecule has 0 aliphatic carbocycles. The van der Waals surface area contributed by atoms with Crippen LogP contribution in [0.2, 0.25) is 0 Å². The quantitative estimate of drug-likeness (QED) is 0.661. The van der Waals surface area contributed by atoms with Crippen LogP contribution in [0.25, 0.3) is 5.57 Å². The highest BCUT2D eigenvalue weighted by Gasteiger charge is 2.00. The van der Waals surface area contributed by atoms with Crippen molar-refractivity contribution in [3.05, 3.63) is 53.1 Å². The Morgan fingerprint density at radius 3 is 2.29 bits per heavy atom. The maximum atomic E-state index is 8.88. The molecule has 0 amide bonds. The summed E-state index contributed by atoms with van der Waals surface area (Å²) in [7, 11) is 0. The Bertz CT molecular complexity index is 445. The van der Waals surface area contributed by atoms with E-state index in [9.17, 15) is 0 Å². The zero-order valence-electron chi connectivity index (χ0n) is 11.4. The van der Waals surface area contributed by atoms with Crippen molar-refractivity contribution < 1.29 is 0 Å². The summed E-state index contributed by atoms with van der Waals surface area (Å²) in [5, 5.41) is 8.88. The van der Waals surface area contributed by atoms with Gasteiger partial charge in [0.1, 0.15) is 0 Å². The minimum atomic E-state index is 0.717. The summed E-state index contributed by atoms with van der Waals surface area (Å²) < 4.78 is 0. The molecule has 0 spiro atoms. The van der Waals surface area contributed by atoms with E-state index in [0.717, 1.165) is 16.7 Å². The maximum Gasteiger partial charge on any atom is 0.0991 e. The molecule has 0 radical (unpaired) electrons. The van der Waals surface area contributed by atoms with Gasteiger partial charge >= 0.3 is 0 Å². The fourth-order valence-electron chi connectivity index (χ4n) is 1.55. The molecule has 1 heteroatoms. The van der Waals surface area contributed by atoms with Crippen molar-refractivity contribution in [2.24, 2.45) is 0 Å². The molecule has 90 valence electrons. The van der Waals surface area contributed by atoms with E-state index in [4.69, 9.17) is 5.26 Å². The predicted molar refractivity (Wildman–Crippen MR) is 75.7 cm³/mol. The van der Waals surface area contributed by atoms with Gasteiger partial charge in [0.15, 0.2) is 0 Å². The van der Waals surface area contributed by atoms with Crippen molar-refractivity contribution in [3.8, 4) is 6.07 Å². The van der Waals surface area contributed by atoms with Crippen LogP contribution < -0.4 is 0 Å². The fraction of sp³-hybridized carbons (Fsp3) is 0.312. The van der Waals surface area contributed by atoms with Crippen LogP contribution in [0.1, 0.15) is 44.4 Å². The second-order valence-corrected chi connectivity index (χ2v) is 3.44. The van der Waals surface area contributed by atoms with Crippen molar-refractivity contribution in [1.82, 2.24) is 0 Å². The van der Waals surface area contributed by atoms with Gasteiger partial charge in [0.25, 0.3) is 0 Å². The molecule has 0 N–H and O–H groups in total.